The Morgan fingerprint density at radius 1 is 1.00 bits per heavy atom. The van der Waals surface area contributed by atoms with E-state index in [-0.39, 0.29) is 27.5 Å². The first kappa shape index (κ1) is 21.5. The van der Waals surface area contributed by atoms with Crippen LogP contribution in [0.1, 0.15) is 21.5 Å². The normalized spacial score (nSPS) is 10.4. The Hall–Kier alpha value is -4.70. The van der Waals surface area contributed by atoms with Crippen molar-refractivity contribution in [2.45, 2.75) is 6.92 Å². The molecule has 0 saturated heterocycles. The van der Waals surface area contributed by atoms with Gasteiger partial charge in [0.05, 0.1) is 16.6 Å². The molecule has 162 valence electrons. The summed E-state index contributed by atoms with van der Waals surface area (Å²) in [6.45, 7) is 1.10. The van der Waals surface area contributed by atoms with E-state index in [0.717, 1.165) is 0 Å². The molecule has 0 radical (unpaired) electrons. The predicted octanol–water partition coefficient (Wildman–Crippen LogP) is 4.44. The van der Waals surface area contributed by atoms with E-state index >= 15 is 0 Å². The minimum absolute atomic E-state index is 0.0343. The summed E-state index contributed by atoms with van der Waals surface area (Å²) in [4.78, 5) is 37.9. The number of carbonyl (C=O) groups is 2. The Morgan fingerprint density at radius 2 is 1.73 bits per heavy atom. The van der Waals surface area contributed by atoms with Crippen LogP contribution in [0.5, 0.6) is 0 Å². The largest absolute Gasteiger partial charge is 0.455 e. The first-order valence-corrected chi connectivity index (χ1v) is 10.1. The number of anilines is 1. The molecule has 0 aliphatic heterocycles. The molecule has 7 nitrogen and oxygen atoms in total. The van der Waals surface area contributed by atoms with Crippen molar-refractivity contribution in [3.05, 3.63) is 99.7 Å². The molecule has 0 bridgehead atoms. The van der Waals surface area contributed by atoms with Gasteiger partial charge in [-0.25, -0.2) is 4.79 Å². The van der Waals surface area contributed by atoms with E-state index < -0.39 is 18.5 Å². The topological polar surface area (TPSA) is 109 Å². The fourth-order valence-corrected chi connectivity index (χ4v) is 3.42. The Balaban J connectivity index is 1.61. The van der Waals surface area contributed by atoms with Crippen LogP contribution >= 0.6 is 0 Å². The van der Waals surface area contributed by atoms with Gasteiger partial charge < -0.3 is 14.5 Å². The van der Waals surface area contributed by atoms with Crippen LogP contribution < -0.4 is 10.7 Å². The van der Waals surface area contributed by atoms with E-state index in [9.17, 15) is 14.4 Å². The molecule has 0 atom stereocenters. The molecule has 0 fully saturated rings. The van der Waals surface area contributed by atoms with Crippen molar-refractivity contribution in [1.29, 1.82) is 5.26 Å². The van der Waals surface area contributed by atoms with Crippen LogP contribution in [0.3, 0.4) is 0 Å². The van der Waals surface area contributed by atoms with E-state index in [1.165, 1.54) is 6.07 Å². The van der Waals surface area contributed by atoms with Crippen molar-refractivity contribution < 1.29 is 18.7 Å². The van der Waals surface area contributed by atoms with Gasteiger partial charge in [-0.2, -0.15) is 5.26 Å². The summed E-state index contributed by atoms with van der Waals surface area (Å²) in [5.74, 6) is -1.05. The summed E-state index contributed by atoms with van der Waals surface area (Å²) in [5.41, 5.74) is 1.61. The molecule has 7 heteroatoms. The first-order chi connectivity index (χ1) is 16.0. The number of rotatable bonds is 5. The van der Waals surface area contributed by atoms with E-state index in [4.69, 9.17) is 14.4 Å². The maximum absolute atomic E-state index is 12.9. The number of amides is 1. The Morgan fingerprint density at radius 3 is 2.48 bits per heavy atom. The van der Waals surface area contributed by atoms with Crippen LogP contribution in [0.4, 0.5) is 5.69 Å². The molecule has 1 aromatic heterocycles. The highest BCUT2D eigenvalue weighted by Crippen LogP contribution is 2.27. The van der Waals surface area contributed by atoms with Gasteiger partial charge in [0, 0.05) is 11.1 Å². The number of hydrogen-bond acceptors (Lipinski definition) is 6. The van der Waals surface area contributed by atoms with Crippen LogP contribution in [-0.2, 0) is 9.53 Å². The van der Waals surface area contributed by atoms with Crippen molar-refractivity contribution in [1.82, 2.24) is 0 Å². The van der Waals surface area contributed by atoms with Gasteiger partial charge in [0.25, 0.3) is 5.91 Å². The molecule has 4 rings (SSSR count). The molecule has 33 heavy (non-hydrogen) atoms. The summed E-state index contributed by atoms with van der Waals surface area (Å²) in [6.07, 6.45) is 0. The van der Waals surface area contributed by atoms with Gasteiger partial charge in [0.15, 0.2) is 17.6 Å². The van der Waals surface area contributed by atoms with E-state index in [0.29, 0.717) is 22.6 Å². The van der Waals surface area contributed by atoms with Gasteiger partial charge in [-0.3, -0.25) is 9.59 Å². The molecule has 4 aromatic rings. The zero-order valence-electron chi connectivity index (χ0n) is 17.6. The summed E-state index contributed by atoms with van der Waals surface area (Å²) >= 11 is 0. The standard InChI is InChI=1S/C26H18N2O5/c1-16-23(30)19-11-7-12-20(25(19)33-24(16)17-8-3-2-4-9-17)26(31)32-15-22(29)28-21-13-6-5-10-18(21)14-27/h2-13H,15H2,1H3,(H,28,29). The number of ether oxygens (including phenoxy) is 1. The molecular weight excluding hydrogens is 420 g/mol. The number of para-hydroxylation sites is 2. The minimum atomic E-state index is -0.810. The fourth-order valence-electron chi connectivity index (χ4n) is 3.42. The number of hydrogen-bond donors (Lipinski definition) is 1. The monoisotopic (exact) mass is 438 g/mol. The van der Waals surface area contributed by atoms with Gasteiger partial charge in [0.2, 0.25) is 0 Å². The average Bonchev–Trinajstić information content (AvgIpc) is 2.85. The average molecular weight is 438 g/mol. The molecule has 0 aliphatic rings. The lowest BCUT2D eigenvalue weighted by molar-refractivity contribution is -0.119. The summed E-state index contributed by atoms with van der Waals surface area (Å²) < 4.78 is 11.2. The summed E-state index contributed by atoms with van der Waals surface area (Å²) in [6, 6.07) is 22.2. The van der Waals surface area contributed by atoms with Gasteiger partial charge in [0.1, 0.15) is 17.4 Å². The summed E-state index contributed by atoms with van der Waals surface area (Å²) in [7, 11) is 0. The second-order valence-corrected chi connectivity index (χ2v) is 7.22. The number of benzene rings is 3. The van der Waals surface area contributed by atoms with Gasteiger partial charge >= 0.3 is 5.97 Å². The van der Waals surface area contributed by atoms with Crippen LogP contribution in [0.2, 0.25) is 0 Å². The Kier molecular flexibility index (Phi) is 6.00. The zero-order chi connectivity index (χ0) is 23.4. The van der Waals surface area contributed by atoms with Crippen molar-refractivity contribution in [2.75, 3.05) is 11.9 Å². The highest BCUT2D eigenvalue weighted by Gasteiger charge is 2.20. The molecule has 1 amide bonds. The lowest BCUT2D eigenvalue weighted by Crippen LogP contribution is -2.21. The van der Waals surface area contributed by atoms with E-state index in [2.05, 4.69) is 5.32 Å². The fraction of sp³-hybridized carbons (Fsp3) is 0.0769. The second kappa shape index (κ2) is 9.20. The van der Waals surface area contributed by atoms with Crippen LogP contribution in [0, 0.1) is 18.3 Å². The van der Waals surface area contributed by atoms with Crippen molar-refractivity contribution in [2.24, 2.45) is 0 Å². The number of nitrogens with zero attached hydrogens (tertiary/aromatic N) is 1. The number of fused-ring (bicyclic) bond motifs is 1. The highest BCUT2D eigenvalue weighted by molar-refractivity contribution is 6.03. The molecule has 1 N–H and O–H groups in total. The molecule has 3 aromatic carbocycles. The Labute approximate surface area is 188 Å². The number of esters is 1. The minimum Gasteiger partial charge on any atom is -0.455 e. The second-order valence-electron chi connectivity index (χ2n) is 7.22. The van der Waals surface area contributed by atoms with Crippen molar-refractivity contribution in [3.63, 3.8) is 0 Å². The van der Waals surface area contributed by atoms with Crippen molar-refractivity contribution in [3.8, 4) is 17.4 Å². The maximum atomic E-state index is 12.9. The SMILES string of the molecule is Cc1c(-c2ccccc2)oc2c(C(=O)OCC(=O)Nc3ccccc3C#N)cccc2c1=O. The third-order valence-electron chi connectivity index (χ3n) is 5.06. The molecule has 0 unspecified atom stereocenters. The molecule has 0 saturated carbocycles. The number of nitrogens with one attached hydrogen (secondary N) is 1. The maximum Gasteiger partial charge on any atom is 0.342 e. The van der Waals surface area contributed by atoms with Crippen LogP contribution in [-0.4, -0.2) is 18.5 Å². The number of nitriles is 1. The highest BCUT2D eigenvalue weighted by atomic mass is 16.5. The lowest BCUT2D eigenvalue weighted by atomic mass is 10.0. The first-order valence-electron chi connectivity index (χ1n) is 10.1. The molecule has 0 aliphatic carbocycles. The van der Waals surface area contributed by atoms with Gasteiger partial charge in [-0.15, -0.1) is 0 Å². The predicted molar refractivity (Wildman–Crippen MR) is 123 cm³/mol. The van der Waals surface area contributed by atoms with Crippen molar-refractivity contribution >= 4 is 28.5 Å². The van der Waals surface area contributed by atoms with Crippen LogP contribution in [0.15, 0.2) is 82.0 Å². The molecular formula is C26H18N2O5. The van der Waals surface area contributed by atoms with Gasteiger partial charge in [-0.05, 0) is 31.2 Å². The zero-order valence-corrected chi connectivity index (χ0v) is 17.6. The third-order valence-corrected chi connectivity index (χ3v) is 5.06. The van der Waals surface area contributed by atoms with Gasteiger partial charge in [-0.1, -0.05) is 48.5 Å². The van der Waals surface area contributed by atoms with E-state index in [1.54, 1.807) is 43.3 Å². The lowest BCUT2D eigenvalue weighted by Gasteiger charge is -2.11. The van der Waals surface area contributed by atoms with Crippen LogP contribution in [0.25, 0.3) is 22.3 Å². The molecule has 0 spiro atoms. The molecule has 1 heterocycles. The smallest absolute Gasteiger partial charge is 0.342 e. The Bertz CT molecular complexity index is 1470. The quantitative estimate of drug-likeness (QED) is 0.462. The number of carbonyl (C=O) groups excluding carboxylic acids is 2. The third kappa shape index (κ3) is 4.36. The van der Waals surface area contributed by atoms with E-state index in [1.807, 2.05) is 36.4 Å². The summed E-state index contributed by atoms with van der Waals surface area (Å²) in [5, 5.41) is 11.9.